The van der Waals surface area contributed by atoms with E-state index >= 15 is 0 Å². The molecule has 5 nitrogen and oxygen atoms in total. The van der Waals surface area contributed by atoms with E-state index in [1.807, 2.05) is 26.0 Å². The summed E-state index contributed by atoms with van der Waals surface area (Å²) in [5.41, 5.74) is 6.34. The van der Waals surface area contributed by atoms with Gasteiger partial charge in [-0.2, -0.15) is 0 Å². The van der Waals surface area contributed by atoms with E-state index in [9.17, 15) is 8.42 Å². The Labute approximate surface area is 126 Å². The molecule has 0 radical (unpaired) electrons. The van der Waals surface area contributed by atoms with Crippen molar-refractivity contribution in [1.82, 2.24) is 4.72 Å². The highest BCUT2D eigenvalue weighted by Gasteiger charge is 2.50. The molecule has 6 heteroatoms. The van der Waals surface area contributed by atoms with Crippen LogP contribution in [0.25, 0.3) is 0 Å². The first-order chi connectivity index (χ1) is 9.81. The van der Waals surface area contributed by atoms with E-state index in [1.54, 1.807) is 19.2 Å². The molecular weight excluding hydrogens is 288 g/mol. The predicted octanol–water partition coefficient (Wildman–Crippen LogP) is 1.28. The number of rotatable bonds is 6. The fourth-order valence-corrected chi connectivity index (χ4v) is 4.15. The van der Waals surface area contributed by atoms with Gasteiger partial charge in [-0.05, 0) is 37.1 Å². The quantitative estimate of drug-likeness (QED) is 0.829. The monoisotopic (exact) mass is 312 g/mol. The minimum Gasteiger partial charge on any atom is -0.381 e. The Morgan fingerprint density at radius 1 is 1.33 bits per heavy atom. The molecule has 1 saturated carbocycles. The van der Waals surface area contributed by atoms with Crippen molar-refractivity contribution in [3.05, 3.63) is 29.8 Å². The third-order valence-corrected chi connectivity index (χ3v) is 5.91. The van der Waals surface area contributed by atoms with Gasteiger partial charge in [0, 0.05) is 18.6 Å². The smallest absolute Gasteiger partial charge is 0.240 e. The van der Waals surface area contributed by atoms with Crippen LogP contribution in [0.3, 0.4) is 0 Å². The third-order valence-electron chi connectivity index (χ3n) is 4.43. The summed E-state index contributed by atoms with van der Waals surface area (Å²) in [4.78, 5) is 0.292. The average molecular weight is 312 g/mol. The Balaban J connectivity index is 2.09. The van der Waals surface area contributed by atoms with Crippen LogP contribution in [0.5, 0.6) is 0 Å². The molecule has 0 heterocycles. The first kappa shape index (κ1) is 16.4. The van der Waals surface area contributed by atoms with Crippen LogP contribution in [0.15, 0.2) is 29.2 Å². The van der Waals surface area contributed by atoms with Gasteiger partial charge in [0.1, 0.15) is 0 Å². The zero-order chi connectivity index (χ0) is 15.7. The zero-order valence-corrected chi connectivity index (χ0v) is 13.6. The van der Waals surface area contributed by atoms with Gasteiger partial charge < -0.3 is 10.5 Å². The minimum absolute atomic E-state index is 0.0946. The molecule has 3 N–H and O–H groups in total. The summed E-state index contributed by atoms with van der Waals surface area (Å²) in [5, 5.41) is 0. The fourth-order valence-electron chi connectivity index (χ4n) is 2.74. The molecule has 118 valence electrons. The van der Waals surface area contributed by atoms with Gasteiger partial charge in [-0.25, -0.2) is 13.1 Å². The number of ether oxygens (including phenoxy) is 1. The molecular formula is C15H24N2O3S. The Morgan fingerprint density at radius 3 is 2.43 bits per heavy atom. The number of methoxy groups -OCH3 is 1. The predicted molar refractivity (Wildman–Crippen MR) is 82.5 cm³/mol. The summed E-state index contributed by atoms with van der Waals surface area (Å²) < 4.78 is 33.0. The second kappa shape index (κ2) is 6.04. The van der Waals surface area contributed by atoms with Gasteiger partial charge in [-0.3, -0.25) is 0 Å². The molecule has 0 saturated heterocycles. The maximum Gasteiger partial charge on any atom is 0.240 e. The lowest BCUT2D eigenvalue weighted by Gasteiger charge is -2.50. The van der Waals surface area contributed by atoms with E-state index in [0.29, 0.717) is 17.9 Å². The molecule has 1 fully saturated rings. The molecule has 1 aromatic carbocycles. The number of nitrogens with one attached hydrogen (secondary N) is 1. The summed E-state index contributed by atoms with van der Waals surface area (Å²) in [6.45, 7) is 4.59. The molecule has 0 amide bonds. The van der Waals surface area contributed by atoms with E-state index in [2.05, 4.69) is 4.72 Å². The van der Waals surface area contributed by atoms with Crippen LogP contribution in [-0.4, -0.2) is 34.2 Å². The number of benzene rings is 1. The maximum atomic E-state index is 12.4. The molecule has 2 rings (SSSR count). The molecule has 0 bridgehead atoms. The minimum atomic E-state index is -3.49. The van der Waals surface area contributed by atoms with Crippen LogP contribution in [0.2, 0.25) is 0 Å². The second-order valence-corrected chi connectivity index (χ2v) is 7.85. The lowest BCUT2D eigenvalue weighted by molar-refractivity contribution is -0.0908. The van der Waals surface area contributed by atoms with Crippen LogP contribution in [0, 0.1) is 5.41 Å². The van der Waals surface area contributed by atoms with Crippen molar-refractivity contribution in [3.63, 3.8) is 0 Å². The van der Waals surface area contributed by atoms with Gasteiger partial charge in [0.15, 0.2) is 0 Å². The zero-order valence-electron chi connectivity index (χ0n) is 12.8. The van der Waals surface area contributed by atoms with Crippen molar-refractivity contribution < 1.29 is 13.2 Å². The first-order valence-electron chi connectivity index (χ1n) is 7.15. The SMILES string of the molecule is COC1CC(NS(=O)(=O)c2ccc(CCN)cc2)C1(C)C. The van der Waals surface area contributed by atoms with Gasteiger partial charge in [0.2, 0.25) is 10.0 Å². The molecule has 1 aliphatic carbocycles. The number of sulfonamides is 1. The molecule has 1 aromatic rings. The van der Waals surface area contributed by atoms with Crippen LogP contribution in [0.1, 0.15) is 25.8 Å². The molecule has 0 aromatic heterocycles. The van der Waals surface area contributed by atoms with Crippen molar-refractivity contribution in [2.45, 2.75) is 43.7 Å². The molecule has 2 unspecified atom stereocenters. The highest BCUT2D eigenvalue weighted by Crippen LogP contribution is 2.43. The van der Waals surface area contributed by atoms with Crippen molar-refractivity contribution in [2.24, 2.45) is 11.1 Å². The summed E-state index contributed by atoms with van der Waals surface area (Å²) >= 11 is 0. The summed E-state index contributed by atoms with van der Waals surface area (Å²) in [7, 11) is -1.83. The molecule has 2 atom stereocenters. The largest absolute Gasteiger partial charge is 0.381 e. The van der Waals surface area contributed by atoms with Gasteiger partial charge >= 0.3 is 0 Å². The summed E-state index contributed by atoms with van der Waals surface area (Å²) in [5.74, 6) is 0. The normalized spacial score (nSPS) is 24.6. The van der Waals surface area contributed by atoms with E-state index in [-0.39, 0.29) is 17.6 Å². The number of hydrogen-bond donors (Lipinski definition) is 2. The van der Waals surface area contributed by atoms with Gasteiger partial charge in [0.25, 0.3) is 0 Å². The van der Waals surface area contributed by atoms with Crippen LogP contribution in [-0.2, 0) is 21.2 Å². The second-order valence-electron chi connectivity index (χ2n) is 6.14. The summed E-state index contributed by atoms with van der Waals surface area (Å²) in [6, 6.07) is 6.78. The van der Waals surface area contributed by atoms with E-state index in [4.69, 9.17) is 10.5 Å². The standard InChI is InChI=1S/C15H24N2O3S/c1-15(2)13(10-14(15)20-3)17-21(18,19)12-6-4-11(5-7-12)8-9-16/h4-7,13-14,17H,8-10,16H2,1-3H3. The Kier molecular flexibility index (Phi) is 4.72. The van der Waals surface area contributed by atoms with Crippen molar-refractivity contribution in [1.29, 1.82) is 0 Å². The van der Waals surface area contributed by atoms with Crippen molar-refractivity contribution in [3.8, 4) is 0 Å². The molecule has 0 aliphatic heterocycles. The molecule has 1 aliphatic rings. The van der Waals surface area contributed by atoms with Gasteiger partial charge in [0.05, 0.1) is 11.0 Å². The van der Waals surface area contributed by atoms with E-state index in [0.717, 1.165) is 12.0 Å². The van der Waals surface area contributed by atoms with Crippen molar-refractivity contribution >= 4 is 10.0 Å². The van der Waals surface area contributed by atoms with Crippen LogP contribution < -0.4 is 10.5 Å². The van der Waals surface area contributed by atoms with Gasteiger partial charge in [-0.1, -0.05) is 26.0 Å². The maximum absolute atomic E-state index is 12.4. The Morgan fingerprint density at radius 2 is 1.95 bits per heavy atom. The third kappa shape index (κ3) is 3.29. The summed E-state index contributed by atoms with van der Waals surface area (Å²) in [6.07, 6.45) is 1.55. The fraction of sp³-hybridized carbons (Fsp3) is 0.600. The topological polar surface area (TPSA) is 81.4 Å². The first-order valence-corrected chi connectivity index (χ1v) is 8.63. The lowest BCUT2D eigenvalue weighted by atomic mass is 9.65. The number of nitrogens with two attached hydrogens (primary N) is 1. The number of hydrogen-bond acceptors (Lipinski definition) is 4. The molecule has 0 spiro atoms. The van der Waals surface area contributed by atoms with Crippen LogP contribution in [0.4, 0.5) is 0 Å². The Hall–Kier alpha value is -0.950. The Bertz CT molecular complexity index is 581. The van der Waals surface area contributed by atoms with Crippen molar-refractivity contribution in [2.75, 3.05) is 13.7 Å². The van der Waals surface area contributed by atoms with E-state index in [1.165, 1.54) is 0 Å². The van der Waals surface area contributed by atoms with E-state index < -0.39 is 10.0 Å². The lowest BCUT2D eigenvalue weighted by Crippen LogP contribution is -2.61. The highest BCUT2D eigenvalue weighted by atomic mass is 32.2. The molecule has 21 heavy (non-hydrogen) atoms. The van der Waals surface area contributed by atoms with Crippen LogP contribution >= 0.6 is 0 Å². The highest BCUT2D eigenvalue weighted by molar-refractivity contribution is 7.89. The average Bonchev–Trinajstić information content (AvgIpc) is 2.44. The van der Waals surface area contributed by atoms with Gasteiger partial charge in [-0.15, -0.1) is 0 Å².